The molecule has 0 amide bonds. The van der Waals surface area contributed by atoms with Crippen molar-refractivity contribution in [2.24, 2.45) is 10.4 Å². The van der Waals surface area contributed by atoms with Gasteiger partial charge in [-0.3, -0.25) is 4.99 Å². The summed E-state index contributed by atoms with van der Waals surface area (Å²) < 4.78 is 5.21. The maximum atomic E-state index is 5.21. The molecule has 0 saturated heterocycles. The van der Waals surface area contributed by atoms with Gasteiger partial charge in [0.25, 0.3) is 0 Å². The Morgan fingerprint density at radius 2 is 2.14 bits per heavy atom. The molecule has 0 aromatic carbocycles. The second-order valence-electron chi connectivity index (χ2n) is 6.20. The summed E-state index contributed by atoms with van der Waals surface area (Å²) in [6.07, 6.45) is 10.6. The van der Waals surface area contributed by atoms with Crippen LogP contribution in [-0.4, -0.2) is 51.8 Å². The summed E-state index contributed by atoms with van der Waals surface area (Å²) in [5.41, 5.74) is 0.455. The van der Waals surface area contributed by atoms with Crippen molar-refractivity contribution in [1.82, 2.24) is 10.2 Å². The van der Waals surface area contributed by atoms with Gasteiger partial charge in [0.05, 0.1) is 0 Å². The molecule has 0 aromatic rings. The van der Waals surface area contributed by atoms with E-state index in [1.54, 1.807) is 7.11 Å². The summed E-state index contributed by atoms with van der Waals surface area (Å²) in [5, 5.41) is 3.54. The van der Waals surface area contributed by atoms with Crippen LogP contribution in [0.25, 0.3) is 0 Å². The quantitative estimate of drug-likeness (QED) is 0.275. The van der Waals surface area contributed by atoms with Crippen LogP contribution < -0.4 is 5.32 Å². The zero-order valence-electron chi connectivity index (χ0n) is 14.2. The molecule has 21 heavy (non-hydrogen) atoms. The Balaban J connectivity index is 2.22. The third-order valence-electron chi connectivity index (χ3n) is 4.39. The summed E-state index contributed by atoms with van der Waals surface area (Å²) in [4.78, 5) is 6.63. The second kappa shape index (κ2) is 9.82. The average molecular weight is 295 g/mol. The highest BCUT2D eigenvalue weighted by atomic mass is 16.5. The number of rotatable bonds is 11. The lowest BCUT2D eigenvalue weighted by atomic mass is 10.0. The van der Waals surface area contributed by atoms with Crippen molar-refractivity contribution in [2.75, 3.05) is 40.9 Å². The van der Waals surface area contributed by atoms with E-state index in [4.69, 9.17) is 4.74 Å². The molecule has 4 nitrogen and oxygen atoms in total. The van der Waals surface area contributed by atoms with Crippen molar-refractivity contribution in [1.29, 1.82) is 0 Å². The molecule has 1 aliphatic rings. The van der Waals surface area contributed by atoms with Crippen LogP contribution in [0.15, 0.2) is 17.6 Å². The molecule has 0 aliphatic heterocycles. The molecule has 0 unspecified atom stereocenters. The zero-order valence-corrected chi connectivity index (χ0v) is 14.2. The number of nitrogens with zero attached hydrogens (tertiary/aromatic N) is 2. The van der Waals surface area contributed by atoms with E-state index in [9.17, 15) is 0 Å². The van der Waals surface area contributed by atoms with Gasteiger partial charge in [-0.05, 0) is 43.9 Å². The first kappa shape index (κ1) is 18.0. The van der Waals surface area contributed by atoms with Crippen molar-refractivity contribution in [3.63, 3.8) is 0 Å². The Hall–Kier alpha value is -1.03. The normalized spacial score (nSPS) is 16.6. The zero-order chi connectivity index (χ0) is 15.6. The van der Waals surface area contributed by atoms with E-state index in [2.05, 4.69) is 28.8 Å². The smallest absolute Gasteiger partial charge is 0.193 e. The van der Waals surface area contributed by atoms with Crippen LogP contribution in [0.3, 0.4) is 0 Å². The van der Waals surface area contributed by atoms with Crippen molar-refractivity contribution in [2.45, 2.75) is 44.9 Å². The first-order valence-corrected chi connectivity index (χ1v) is 8.19. The molecule has 122 valence electrons. The molecule has 0 atom stereocenters. The molecule has 0 radical (unpaired) electrons. The molecule has 1 fully saturated rings. The van der Waals surface area contributed by atoms with Crippen LogP contribution in [-0.2, 0) is 4.74 Å². The van der Waals surface area contributed by atoms with Gasteiger partial charge in [-0.2, -0.15) is 0 Å². The molecule has 0 aromatic heterocycles. The largest absolute Gasteiger partial charge is 0.385 e. The molecule has 0 spiro atoms. The Bertz CT molecular complexity index is 324. The number of unbranched alkanes of at least 4 members (excludes halogenated alkanes) is 3. The highest BCUT2D eigenvalue weighted by molar-refractivity contribution is 5.79. The van der Waals surface area contributed by atoms with Crippen LogP contribution in [0.4, 0.5) is 0 Å². The number of methoxy groups -OCH3 is 1. The van der Waals surface area contributed by atoms with Crippen LogP contribution in [0.5, 0.6) is 0 Å². The Labute approximate surface area is 130 Å². The minimum atomic E-state index is 0.455. The molecule has 1 rings (SSSR count). The monoisotopic (exact) mass is 295 g/mol. The van der Waals surface area contributed by atoms with E-state index in [-0.39, 0.29) is 0 Å². The van der Waals surface area contributed by atoms with Crippen LogP contribution >= 0.6 is 0 Å². The second-order valence-corrected chi connectivity index (χ2v) is 6.20. The number of aliphatic imine (C=N–C) groups is 1. The number of hydrogen-bond donors (Lipinski definition) is 1. The maximum absolute atomic E-state index is 5.21. The summed E-state index contributed by atoms with van der Waals surface area (Å²) in [7, 11) is 5.77. The summed E-state index contributed by atoms with van der Waals surface area (Å²) >= 11 is 0. The minimum Gasteiger partial charge on any atom is -0.385 e. The Morgan fingerprint density at radius 1 is 1.38 bits per heavy atom. The Kier molecular flexibility index (Phi) is 8.43. The van der Waals surface area contributed by atoms with E-state index in [0.29, 0.717) is 5.41 Å². The van der Waals surface area contributed by atoms with Gasteiger partial charge in [-0.15, -0.1) is 6.58 Å². The molecule has 1 saturated carbocycles. The number of nitrogens with one attached hydrogen (secondary N) is 1. The SMILES string of the molecule is C=CCCCCCN(C)C(=NC)NCC1(CCOC)CC1. The molecular weight excluding hydrogens is 262 g/mol. The van der Waals surface area contributed by atoms with Crippen molar-refractivity contribution in [3.8, 4) is 0 Å². The molecule has 0 heterocycles. The maximum Gasteiger partial charge on any atom is 0.193 e. The number of guanidine groups is 1. The fraction of sp³-hybridized carbons (Fsp3) is 0.824. The fourth-order valence-corrected chi connectivity index (χ4v) is 2.58. The van der Waals surface area contributed by atoms with Gasteiger partial charge in [-0.25, -0.2) is 0 Å². The van der Waals surface area contributed by atoms with E-state index in [0.717, 1.165) is 38.5 Å². The van der Waals surface area contributed by atoms with Crippen LogP contribution in [0.2, 0.25) is 0 Å². The minimum absolute atomic E-state index is 0.455. The molecule has 1 N–H and O–H groups in total. The Morgan fingerprint density at radius 3 is 2.71 bits per heavy atom. The average Bonchev–Trinajstić information content (AvgIpc) is 3.26. The van der Waals surface area contributed by atoms with Gasteiger partial charge in [0, 0.05) is 40.9 Å². The van der Waals surface area contributed by atoms with Crippen molar-refractivity contribution in [3.05, 3.63) is 12.7 Å². The van der Waals surface area contributed by atoms with Crippen LogP contribution in [0.1, 0.15) is 44.9 Å². The highest BCUT2D eigenvalue weighted by Gasteiger charge is 2.41. The third kappa shape index (κ3) is 6.98. The molecule has 4 heteroatoms. The van der Waals surface area contributed by atoms with Crippen LogP contribution in [0, 0.1) is 5.41 Å². The first-order valence-electron chi connectivity index (χ1n) is 8.19. The lowest BCUT2D eigenvalue weighted by Crippen LogP contribution is -2.42. The van der Waals surface area contributed by atoms with Gasteiger partial charge in [0.15, 0.2) is 5.96 Å². The lowest BCUT2D eigenvalue weighted by molar-refractivity contribution is 0.172. The third-order valence-corrected chi connectivity index (χ3v) is 4.39. The number of hydrogen-bond acceptors (Lipinski definition) is 2. The van der Waals surface area contributed by atoms with Gasteiger partial charge >= 0.3 is 0 Å². The predicted molar refractivity (Wildman–Crippen MR) is 90.8 cm³/mol. The predicted octanol–water partition coefficient (Wildman–Crippen LogP) is 3.06. The fourth-order valence-electron chi connectivity index (χ4n) is 2.58. The molecular formula is C17H33N3O. The van der Waals surface area contributed by atoms with E-state index in [1.807, 2.05) is 13.1 Å². The lowest BCUT2D eigenvalue weighted by Gasteiger charge is -2.24. The summed E-state index contributed by atoms with van der Waals surface area (Å²) in [5.74, 6) is 1.02. The molecule has 0 bridgehead atoms. The highest BCUT2D eigenvalue weighted by Crippen LogP contribution is 2.48. The van der Waals surface area contributed by atoms with E-state index < -0.39 is 0 Å². The summed E-state index contributed by atoms with van der Waals surface area (Å²) in [6, 6.07) is 0. The van der Waals surface area contributed by atoms with Crippen molar-refractivity contribution >= 4 is 5.96 Å². The van der Waals surface area contributed by atoms with Gasteiger partial charge in [-0.1, -0.05) is 12.5 Å². The first-order chi connectivity index (χ1) is 10.2. The number of allylic oxidation sites excluding steroid dienone is 1. The van der Waals surface area contributed by atoms with E-state index in [1.165, 1.54) is 32.1 Å². The van der Waals surface area contributed by atoms with Crippen molar-refractivity contribution < 1.29 is 4.74 Å². The van der Waals surface area contributed by atoms with Gasteiger partial charge < -0.3 is 15.0 Å². The van der Waals surface area contributed by atoms with Gasteiger partial charge in [0.1, 0.15) is 0 Å². The van der Waals surface area contributed by atoms with Gasteiger partial charge in [0.2, 0.25) is 0 Å². The topological polar surface area (TPSA) is 36.9 Å². The summed E-state index contributed by atoms with van der Waals surface area (Å²) in [6.45, 7) is 6.70. The van der Waals surface area contributed by atoms with E-state index >= 15 is 0 Å². The number of ether oxygens (including phenoxy) is 1. The molecule has 1 aliphatic carbocycles. The standard InChI is InChI=1S/C17H33N3O/c1-5-6-7-8-9-13-20(3)16(18-2)19-15-17(10-11-17)12-14-21-4/h5H,1,6-15H2,2-4H3,(H,18,19).